The number of ether oxygens (including phenoxy) is 2. The van der Waals surface area contributed by atoms with Crippen LogP contribution in [-0.4, -0.2) is 65.3 Å². The highest BCUT2D eigenvalue weighted by Gasteiger charge is 2.41. The van der Waals surface area contributed by atoms with Crippen LogP contribution in [0.25, 0.3) is 0 Å². The lowest BCUT2D eigenvalue weighted by Crippen LogP contribution is -2.58. The number of anilines is 1. The van der Waals surface area contributed by atoms with Gasteiger partial charge in [-0.2, -0.15) is 4.98 Å². The normalized spacial score (nSPS) is 29.6. The summed E-state index contributed by atoms with van der Waals surface area (Å²) in [6.07, 6.45) is 6.72. The largest absolute Gasteiger partial charge is 0.472 e. The average molecular weight is 409 g/mol. The molecular weight excluding hydrogens is 380 g/mol. The van der Waals surface area contributed by atoms with Crippen molar-refractivity contribution in [2.75, 3.05) is 25.2 Å². The Morgan fingerprint density at radius 1 is 1.32 bits per heavy atom. The van der Waals surface area contributed by atoms with Crippen LogP contribution in [0, 0.1) is 0 Å². The molecule has 4 rings (SSSR count). The van der Waals surface area contributed by atoms with E-state index in [4.69, 9.17) is 21.1 Å². The van der Waals surface area contributed by atoms with Gasteiger partial charge in [-0.3, -0.25) is 4.79 Å². The van der Waals surface area contributed by atoms with Crippen molar-refractivity contribution in [2.45, 2.75) is 76.1 Å². The fourth-order valence-electron chi connectivity index (χ4n) is 4.80. The highest BCUT2D eigenvalue weighted by Crippen LogP contribution is 2.37. The molecule has 1 amide bonds. The van der Waals surface area contributed by atoms with E-state index in [0.29, 0.717) is 48.7 Å². The molecule has 4 atom stereocenters. The summed E-state index contributed by atoms with van der Waals surface area (Å²) < 4.78 is 11.3. The third-order valence-electron chi connectivity index (χ3n) is 6.24. The molecule has 1 aromatic heterocycles. The van der Waals surface area contributed by atoms with E-state index in [-0.39, 0.29) is 18.1 Å². The summed E-state index contributed by atoms with van der Waals surface area (Å²) in [5.41, 5.74) is 0. The molecule has 154 valence electrons. The summed E-state index contributed by atoms with van der Waals surface area (Å²) in [5.74, 6) is 1.36. The summed E-state index contributed by atoms with van der Waals surface area (Å²) in [7, 11) is 2.02. The van der Waals surface area contributed by atoms with Gasteiger partial charge in [0.25, 0.3) is 0 Å². The molecule has 0 aliphatic carbocycles. The lowest BCUT2D eigenvalue weighted by molar-refractivity contribution is -0.140. The van der Waals surface area contributed by atoms with Crippen molar-refractivity contribution in [3.63, 3.8) is 0 Å². The number of amides is 1. The first-order chi connectivity index (χ1) is 13.5. The predicted molar refractivity (Wildman–Crippen MR) is 107 cm³/mol. The van der Waals surface area contributed by atoms with E-state index in [1.807, 2.05) is 14.0 Å². The maximum atomic E-state index is 12.4. The summed E-state index contributed by atoms with van der Waals surface area (Å²) in [5, 5.41) is 0.379. The van der Waals surface area contributed by atoms with E-state index in [1.54, 1.807) is 6.07 Å². The maximum Gasteiger partial charge on any atom is 0.230 e. The first kappa shape index (κ1) is 19.7. The third kappa shape index (κ3) is 4.06. The van der Waals surface area contributed by atoms with Crippen LogP contribution in [0.5, 0.6) is 5.88 Å². The number of hydrogen-bond donors (Lipinski definition) is 0. The molecule has 8 heteroatoms. The van der Waals surface area contributed by atoms with Crippen LogP contribution in [0.2, 0.25) is 5.15 Å². The minimum Gasteiger partial charge on any atom is -0.472 e. The molecule has 3 saturated heterocycles. The van der Waals surface area contributed by atoms with Crippen LogP contribution in [0.4, 0.5) is 5.95 Å². The Labute approximate surface area is 171 Å². The van der Waals surface area contributed by atoms with E-state index < -0.39 is 0 Å². The van der Waals surface area contributed by atoms with Gasteiger partial charge in [0.2, 0.25) is 17.7 Å². The van der Waals surface area contributed by atoms with Crippen molar-refractivity contribution in [3.8, 4) is 5.88 Å². The van der Waals surface area contributed by atoms with E-state index in [2.05, 4.69) is 19.8 Å². The Morgan fingerprint density at radius 3 is 2.71 bits per heavy atom. The average Bonchev–Trinajstić information content (AvgIpc) is 3.18. The molecule has 3 aliphatic rings. The highest BCUT2D eigenvalue weighted by molar-refractivity contribution is 6.29. The van der Waals surface area contributed by atoms with E-state index in [0.717, 1.165) is 32.1 Å². The zero-order valence-electron chi connectivity index (χ0n) is 16.6. The minimum atomic E-state index is 0.0202. The molecule has 0 N–H and O–H groups in total. The van der Waals surface area contributed by atoms with Gasteiger partial charge in [-0.15, -0.1) is 0 Å². The van der Waals surface area contributed by atoms with E-state index >= 15 is 0 Å². The van der Waals surface area contributed by atoms with Gasteiger partial charge in [0.1, 0.15) is 11.3 Å². The monoisotopic (exact) mass is 408 g/mol. The zero-order valence-corrected chi connectivity index (χ0v) is 17.4. The number of rotatable bonds is 5. The lowest BCUT2D eigenvalue weighted by atomic mass is 9.81. The van der Waals surface area contributed by atoms with Crippen LogP contribution in [-0.2, 0) is 9.53 Å². The number of carbonyl (C=O) groups is 1. The van der Waals surface area contributed by atoms with Crippen molar-refractivity contribution < 1.29 is 14.3 Å². The van der Waals surface area contributed by atoms with Crippen LogP contribution in [0.3, 0.4) is 0 Å². The molecule has 3 fully saturated rings. The first-order valence-corrected chi connectivity index (χ1v) is 10.8. The molecule has 28 heavy (non-hydrogen) atoms. The number of nitrogens with zero attached hydrogens (tertiary/aromatic N) is 4. The summed E-state index contributed by atoms with van der Waals surface area (Å²) in [6.45, 7) is 3.25. The van der Waals surface area contributed by atoms with Crippen molar-refractivity contribution in [1.29, 1.82) is 0 Å². The highest BCUT2D eigenvalue weighted by atomic mass is 35.5. The fraction of sp³-hybridized carbons (Fsp3) is 0.750. The van der Waals surface area contributed by atoms with Crippen LogP contribution >= 0.6 is 11.6 Å². The number of aromatic nitrogens is 2. The van der Waals surface area contributed by atoms with Gasteiger partial charge < -0.3 is 19.3 Å². The second-order valence-corrected chi connectivity index (χ2v) is 8.45. The lowest BCUT2D eigenvalue weighted by Gasteiger charge is -2.50. The molecule has 3 aliphatic heterocycles. The summed E-state index contributed by atoms with van der Waals surface area (Å²) >= 11 is 6.26. The van der Waals surface area contributed by atoms with Gasteiger partial charge in [-0.25, -0.2) is 4.98 Å². The molecule has 0 aromatic carbocycles. The van der Waals surface area contributed by atoms with Gasteiger partial charge in [0.05, 0.1) is 13.2 Å². The SMILES string of the molecule is CCC(=O)N1[C@@H]2CCC[C@H]1C[C@H](N(C)c1nc(Cl)cc(O[C@H]3CCOC3)n1)C2. The molecule has 7 nitrogen and oxygen atoms in total. The molecule has 1 aromatic rings. The molecule has 0 spiro atoms. The van der Waals surface area contributed by atoms with Gasteiger partial charge >= 0.3 is 0 Å². The van der Waals surface area contributed by atoms with E-state index in [1.165, 1.54) is 6.42 Å². The molecule has 0 unspecified atom stereocenters. The van der Waals surface area contributed by atoms with Gasteiger partial charge in [0.15, 0.2) is 0 Å². The van der Waals surface area contributed by atoms with Crippen molar-refractivity contribution in [3.05, 3.63) is 11.2 Å². The molecule has 4 heterocycles. The number of fused-ring (bicyclic) bond motifs is 2. The third-order valence-corrected chi connectivity index (χ3v) is 6.43. The van der Waals surface area contributed by atoms with Crippen molar-refractivity contribution >= 4 is 23.5 Å². The minimum absolute atomic E-state index is 0.0202. The number of halogens is 1. The number of piperidine rings is 2. The van der Waals surface area contributed by atoms with E-state index in [9.17, 15) is 4.79 Å². The Balaban J connectivity index is 1.49. The fourth-order valence-corrected chi connectivity index (χ4v) is 4.97. The molecular formula is C20H29ClN4O3. The Morgan fingerprint density at radius 2 is 2.07 bits per heavy atom. The Kier molecular flexibility index (Phi) is 5.92. The first-order valence-electron chi connectivity index (χ1n) is 10.4. The van der Waals surface area contributed by atoms with Gasteiger partial charge in [-0.1, -0.05) is 18.5 Å². The predicted octanol–water partition coefficient (Wildman–Crippen LogP) is 3.06. The van der Waals surface area contributed by atoms with Crippen molar-refractivity contribution in [1.82, 2.24) is 14.9 Å². The molecule has 2 bridgehead atoms. The standard InChI is InChI=1S/C20H29ClN4O3/c1-3-19(26)25-13-5-4-6-14(25)10-15(9-13)24(2)20-22-17(21)11-18(23-20)28-16-7-8-27-12-16/h11,13-16H,3-10,12H2,1-2H3/t13-,14+,15-,16-/m0/s1. The zero-order chi connectivity index (χ0) is 19.7. The second-order valence-electron chi connectivity index (χ2n) is 8.06. The summed E-state index contributed by atoms with van der Waals surface area (Å²) in [6, 6.07) is 2.59. The topological polar surface area (TPSA) is 67.8 Å². The second kappa shape index (κ2) is 8.41. The Hall–Kier alpha value is -1.60. The quantitative estimate of drug-likeness (QED) is 0.697. The van der Waals surface area contributed by atoms with Crippen LogP contribution in [0.1, 0.15) is 51.9 Å². The Bertz CT molecular complexity index is 699. The maximum absolute atomic E-state index is 12.4. The smallest absolute Gasteiger partial charge is 0.230 e. The van der Waals surface area contributed by atoms with Crippen LogP contribution in [0.15, 0.2) is 6.07 Å². The number of carbonyl (C=O) groups excluding carboxylic acids is 1. The molecule has 0 radical (unpaired) electrons. The van der Waals surface area contributed by atoms with Gasteiger partial charge in [-0.05, 0) is 32.1 Å². The van der Waals surface area contributed by atoms with Gasteiger partial charge in [0, 0.05) is 44.1 Å². The van der Waals surface area contributed by atoms with Crippen molar-refractivity contribution in [2.24, 2.45) is 0 Å². The summed E-state index contributed by atoms with van der Waals surface area (Å²) in [4.78, 5) is 25.7. The number of hydrogen-bond acceptors (Lipinski definition) is 6. The van der Waals surface area contributed by atoms with Crippen LogP contribution < -0.4 is 9.64 Å². The molecule has 0 saturated carbocycles.